The number of hydrogen-bond donors (Lipinski definition) is 2. The molecule has 0 bridgehead atoms. The average molecular weight is 367 g/mol. The third-order valence-corrected chi connectivity index (χ3v) is 5.92. The molecule has 1 aliphatic rings. The fraction of sp³-hybridized carbons (Fsp3) is 0.316. The molecular weight excluding hydrogens is 346 g/mol. The SMILES string of the molecule is Cc1nc(NC(=O)N[C@H]2c3ccccc3CC[C@@H]2n2ccnc2)sc1C. The summed E-state index contributed by atoms with van der Waals surface area (Å²) in [7, 11) is 0. The summed E-state index contributed by atoms with van der Waals surface area (Å²) >= 11 is 1.49. The van der Waals surface area contributed by atoms with Crippen LogP contribution in [-0.4, -0.2) is 20.6 Å². The number of benzene rings is 1. The minimum absolute atomic E-state index is 0.115. The van der Waals surface area contributed by atoms with Crippen molar-refractivity contribution in [2.75, 3.05) is 5.32 Å². The maximum atomic E-state index is 12.6. The first-order valence-corrected chi connectivity index (χ1v) is 9.50. The maximum Gasteiger partial charge on any atom is 0.321 e. The zero-order chi connectivity index (χ0) is 18.1. The molecule has 4 rings (SSSR count). The van der Waals surface area contributed by atoms with E-state index >= 15 is 0 Å². The molecule has 0 unspecified atom stereocenters. The van der Waals surface area contributed by atoms with Gasteiger partial charge in [0, 0.05) is 17.3 Å². The van der Waals surface area contributed by atoms with E-state index in [4.69, 9.17) is 0 Å². The van der Waals surface area contributed by atoms with Crippen LogP contribution in [0.15, 0.2) is 43.0 Å². The first-order valence-electron chi connectivity index (χ1n) is 8.68. The molecule has 6 nitrogen and oxygen atoms in total. The number of thiazole rings is 1. The molecule has 1 aromatic carbocycles. The van der Waals surface area contributed by atoms with E-state index in [0.29, 0.717) is 5.13 Å². The van der Waals surface area contributed by atoms with E-state index in [1.165, 1.54) is 22.5 Å². The van der Waals surface area contributed by atoms with Gasteiger partial charge in [-0.25, -0.2) is 14.8 Å². The van der Waals surface area contributed by atoms with E-state index in [1.807, 2.05) is 32.4 Å². The Labute approximate surface area is 156 Å². The Bertz CT molecular complexity index is 898. The second-order valence-corrected chi connectivity index (χ2v) is 7.75. The summed E-state index contributed by atoms with van der Waals surface area (Å²) in [4.78, 5) is 22.3. The highest BCUT2D eigenvalue weighted by atomic mass is 32.1. The van der Waals surface area contributed by atoms with E-state index < -0.39 is 0 Å². The van der Waals surface area contributed by atoms with Gasteiger partial charge in [0.1, 0.15) is 0 Å². The number of nitrogens with zero attached hydrogens (tertiary/aromatic N) is 3. The summed E-state index contributed by atoms with van der Waals surface area (Å²) in [5.74, 6) is 0. The van der Waals surface area contributed by atoms with Crippen LogP contribution in [-0.2, 0) is 6.42 Å². The Morgan fingerprint density at radius 1 is 1.31 bits per heavy atom. The number of anilines is 1. The van der Waals surface area contributed by atoms with Crippen LogP contribution in [0.2, 0.25) is 0 Å². The second kappa shape index (κ2) is 6.92. The van der Waals surface area contributed by atoms with Crippen molar-refractivity contribution in [2.24, 2.45) is 0 Å². The van der Waals surface area contributed by atoms with Gasteiger partial charge in [-0.3, -0.25) is 5.32 Å². The number of urea groups is 1. The maximum absolute atomic E-state index is 12.6. The van der Waals surface area contributed by atoms with Crippen molar-refractivity contribution in [3.63, 3.8) is 0 Å². The van der Waals surface area contributed by atoms with Crippen LogP contribution >= 0.6 is 11.3 Å². The molecule has 0 saturated carbocycles. The van der Waals surface area contributed by atoms with Gasteiger partial charge in [-0.05, 0) is 37.8 Å². The summed E-state index contributed by atoms with van der Waals surface area (Å²) < 4.78 is 2.08. The lowest BCUT2D eigenvalue weighted by Crippen LogP contribution is -2.39. The van der Waals surface area contributed by atoms with Crippen LogP contribution in [0.1, 0.15) is 40.2 Å². The van der Waals surface area contributed by atoms with Gasteiger partial charge in [0.2, 0.25) is 0 Å². The predicted molar refractivity (Wildman–Crippen MR) is 103 cm³/mol. The van der Waals surface area contributed by atoms with Gasteiger partial charge in [-0.2, -0.15) is 0 Å². The fourth-order valence-electron chi connectivity index (χ4n) is 3.50. The molecule has 0 spiro atoms. The van der Waals surface area contributed by atoms with Gasteiger partial charge in [-0.15, -0.1) is 11.3 Å². The minimum atomic E-state index is -0.231. The van der Waals surface area contributed by atoms with E-state index in [2.05, 4.69) is 43.4 Å². The van der Waals surface area contributed by atoms with Gasteiger partial charge in [-0.1, -0.05) is 24.3 Å². The highest BCUT2D eigenvalue weighted by Gasteiger charge is 2.31. The highest BCUT2D eigenvalue weighted by Crippen LogP contribution is 2.37. The first kappa shape index (κ1) is 16.8. The number of carbonyl (C=O) groups excluding carboxylic acids is 1. The minimum Gasteiger partial charge on any atom is -0.332 e. The lowest BCUT2D eigenvalue weighted by Gasteiger charge is -2.34. The molecule has 7 heteroatoms. The molecule has 0 radical (unpaired) electrons. The molecule has 26 heavy (non-hydrogen) atoms. The largest absolute Gasteiger partial charge is 0.332 e. The number of imidazole rings is 1. The summed E-state index contributed by atoms with van der Waals surface area (Å²) in [6.07, 6.45) is 7.49. The smallest absolute Gasteiger partial charge is 0.321 e. The van der Waals surface area contributed by atoms with Gasteiger partial charge < -0.3 is 9.88 Å². The van der Waals surface area contributed by atoms with Crippen molar-refractivity contribution >= 4 is 22.5 Å². The van der Waals surface area contributed by atoms with Gasteiger partial charge in [0.05, 0.1) is 24.1 Å². The molecule has 2 amide bonds. The van der Waals surface area contributed by atoms with Crippen molar-refractivity contribution in [2.45, 2.75) is 38.8 Å². The molecule has 0 saturated heterocycles. The predicted octanol–water partition coefficient (Wildman–Crippen LogP) is 4.01. The van der Waals surface area contributed by atoms with Crippen LogP contribution in [0.4, 0.5) is 9.93 Å². The quantitative estimate of drug-likeness (QED) is 0.735. The van der Waals surface area contributed by atoms with Crippen molar-refractivity contribution < 1.29 is 4.79 Å². The van der Waals surface area contributed by atoms with E-state index in [1.54, 1.807) is 6.20 Å². The van der Waals surface area contributed by atoms with Crippen LogP contribution in [0.5, 0.6) is 0 Å². The standard InChI is InChI=1S/C19H21N5OS/c1-12-13(2)26-19(21-12)23-18(25)22-17-15-6-4-3-5-14(15)7-8-16(17)24-10-9-20-11-24/h3-6,9-11,16-17H,7-8H2,1-2H3,(H2,21,22,23,25)/t16-,17-/m0/s1. The molecular formula is C19H21N5OS. The average Bonchev–Trinajstić information content (AvgIpc) is 3.26. The Hall–Kier alpha value is -2.67. The summed E-state index contributed by atoms with van der Waals surface area (Å²) in [5.41, 5.74) is 3.40. The first-order chi connectivity index (χ1) is 12.6. The van der Waals surface area contributed by atoms with Crippen LogP contribution in [0.25, 0.3) is 0 Å². The van der Waals surface area contributed by atoms with Crippen LogP contribution in [0, 0.1) is 13.8 Å². The molecule has 3 aromatic rings. The topological polar surface area (TPSA) is 71.8 Å². The van der Waals surface area contributed by atoms with Crippen LogP contribution < -0.4 is 10.6 Å². The van der Waals surface area contributed by atoms with Crippen molar-refractivity contribution in [1.29, 1.82) is 0 Å². The summed E-state index contributed by atoms with van der Waals surface area (Å²) in [5, 5.41) is 6.66. The third-order valence-electron chi connectivity index (χ3n) is 4.93. The van der Waals surface area contributed by atoms with E-state index in [9.17, 15) is 4.79 Å². The molecule has 134 valence electrons. The molecule has 0 fully saturated rings. The number of rotatable bonds is 3. The van der Waals surface area contributed by atoms with Gasteiger partial charge in [0.15, 0.2) is 5.13 Å². The van der Waals surface area contributed by atoms with Gasteiger partial charge >= 0.3 is 6.03 Å². The Kier molecular flexibility index (Phi) is 4.46. The Morgan fingerprint density at radius 3 is 2.88 bits per heavy atom. The second-order valence-electron chi connectivity index (χ2n) is 6.55. The fourth-order valence-corrected chi connectivity index (χ4v) is 4.31. The Morgan fingerprint density at radius 2 is 2.15 bits per heavy atom. The number of aryl methyl sites for hydroxylation is 3. The Balaban J connectivity index is 1.59. The van der Waals surface area contributed by atoms with E-state index in [0.717, 1.165) is 23.4 Å². The number of fused-ring (bicyclic) bond motifs is 1. The van der Waals surface area contributed by atoms with Crippen LogP contribution in [0.3, 0.4) is 0 Å². The number of aromatic nitrogens is 3. The van der Waals surface area contributed by atoms with E-state index in [-0.39, 0.29) is 18.1 Å². The lowest BCUT2D eigenvalue weighted by molar-refractivity contribution is 0.239. The summed E-state index contributed by atoms with van der Waals surface area (Å²) in [6, 6.07) is 8.10. The van der Waals surface area contributed by atoms with Crippen molar-refractivity contribution in [3.8, 4) is 0 Å². The molecule has 2 atom stereocenters. The normalized spacial score (nSPS) is 19.0. The van der Waals surface area contributed by atoms with Crippen molar-refractivity contribution in [1.82, 2.24) is 19.9 Å². The highest BCUT2D eigenvalue weighted by molar-refractivity contribution is 7.15. The number of nitrogens with one attached hydrogen (secondary N) is 2. The molecule has 1 aliphatic carbocycles. The van der Waals surface area contributed by atoms with Gasteiger partial charge in [0.25, 0.3) is 0 Å². The molecule has 2 N–H and O–H groups in total. The molecule has 2 aromatic heterocycles. The molecule has 2 heterocycles. The monoisotopic (exact) mass is 367 g/mol. The number of hydrogen-bond acceptors (Lipinski definition) is 4. The number of amides is 2. The third kappa shape index (κ3) is 3.22. The molecule has 0 aliphatic heterocycles. The number of carbonyl (C=O) groups is 1. The lowest BCUT2D eigenvalue weighted by atomic mass is 9.84. The zero-order valence-corrected chi connectivity index (χ0v) is 15.6. The zero-order valence-electron chi connectivity index (χ0n) is 14.8. The van der Waals surface area contributed by atoms with Crippen molar-refractivity contribution in [3.05, 3.63) is 64.7 Å². The summed E-state index contributed by atoms with van der Waals surface area (Å²) in [6.45, 7) is 3.95.